The van der Waals surface area contributed by atoms with Crippen LogP contribution in [-0.4, -0.2) is 67.4 Å². The Morgan fingerprint density at radius 2 is 0.909 bits per heavy atom. The summed E-state index contributed by atoms with van der Waals surface area (Å²) >= 11 is 0. The second-order valence-electron chi connectivity index (χ2n) is 11.7. The number of esters is 1. The Bertz CT molecular complexity index is 702. The van der Waals surface area contributed by atoms with Crippen LogP contribution in [0.25, 0.3) is 0 Å². The average molecular weight is 633 g/mol. The van der Waals surface area contributed by atoms with Crippen LogP contribution in [0.4, 0.5) is 0 Å². The Hall–Kier alpha value is -2.33. The molecule has 10 nitrogen and oxygen atoms in total. The third-order valence-electron chi connectivity index (χ3n) is 7.46. The Balaban J connectivity index is 0. The van der Waals surface area contributed by atoms with E-state index in [1.54, 1.807) is 0 Å². The SMILES string of the molecule is CCCCCCCCCCCCCC(=O)O.CCCCCCCCCCCCCC(=O)O.O=C1O[C@H]([C@@H](O)CO)C(O)=C1O. The van der Waals surface area contributed by atoms with Gasteiger partial charge in [0.1, 0.15) is 6.10 Å². The van der Waals surface area contributed by atoms with Crippen LogP contribution in [0.15, 0.2) is 11.5 Å². The Kier molecular flexibility index (Phi) is 31.9. The number of carboxylic acids is 2. The molecule has 0 saturated carbocycles. The highest BCUT2D eigenvalue weighted by Gasteiger charge is 2.38. The summed E-state index contributed by atoms with van der Waals surface area (Å²) in [4.78, 5) is 31.1. The Morgan fingerprint density at radius 3 is 1.14 bits per heavy atom. The predicted octanol–water partition coefficient (Wildman–Crippen LogP) is 8.14. The van der Waals surface area contributed by atoms with Gasteiger partial charge in [0.15, 0.2) is 11.9 Å². The van der Waals surface area contributed by atoms with Crippen molar-refractivity contribution in [3.05, 3.63) is 11.5 Å². The quantitative estimate of drug-likeness (QED) is 0.0402. The number of hydrogen-bond donors (Lipinski definition) is 6. The average Bonchev–Trinajstić information content (AvgIpc) is 3.25. The number of carbonyl (C=O) groups is 3. The number of rotatable bonds is 26. The number of hydrogen-bond acceptors (Lipinski definition) is 8. The normalized spacial score (nSPS) is 14.7. The van der Waals surface area contributed by atoms with E-state index in [2.05, 4.69) is 18.6 Å². The van der Waals surface area contributed by atoms with Crippen molar-refractivity contribution in [3.8, 4) is 0 Å². The summed E-state index contributed by atoms with van der Waals surface area (Å²) in [5.74, 6) is -4.09. The molecule has 1 aliphatic heterocycles. The molecular weight excluding hydrogens is 568 g/mol. The number of carboxylic acid groups (broad SMARTS) is 2. The number of cyclic esters (lactones) is 1. The van der Waals surface area contributed by atoms with Crippen LogP contribution in [-0.2, 0) is 19.1 Å². The monoisotopic (exact) mass is 632 g/mol. The first-order chi connectivity index (χ1) is 21.1. The molecule has 0 aromatic rings. The van der Waals surface area contributed by atoms with E-state index in [1.807, 2.05) is 0 Å². The number of aliphatic carboxylic acids is 2. The lowest BCUT2D eigenvalue weighted by Gasteiger charge is -2.13. The maximum Gasteiger partial charge on any atom is 0.377 e. The van der Waals surface area contributed by atoms with Crippen LogP contribution in [0.2, 0.25) is 0 Å². The van der Waals surface area contributed by atoms with E-state index in [0.29, 0.717) is 12.8 Å². The third kappa shape index (κ3) is 28.4. The molecule has 0 fully saturated rings. The molecule has 0 aromatic heterocycles. The molecule has 0 bridgehead atoms. The lowest BCUT2D eigenvalue weighted by Crippen LogP contribution is -2.31. The zero-order valence-corrected chi connectivity index (χ0v) is 27.6. The molecule has 10 heteroatoms. The highest BCUT2D eigenvalue weighted by molar-refractivity contribution is 5.89. The van der Waals surface area contributed by atoms with Crippen LogP contribution < -0.4 is 0 Å². The molecule has 44 heavy (non-hydrogen) atoms. The van der Waals surface area contributed by atoms with Gasteiger partial charge in [-0.3, -0.25) is 9.59 Å². The van der Waals surface area contributed by atoms with Gasteiger partial charge < -0.3 is 35.4 Å². The smallest absolute Gasteiger partial charge is 0.377 e. The van der Waals surface area contributed by atoms with Crippen molar-refractivity contribution in [2.45, 2.75) is 180 Å². The van der Waals surface area contributed by atoms with Crippen molar-refractivity contribution in [2.75, 3.05) is 6.61 Å². The second-order valence-corrected chi connectivity index (χ2v) is 11.7. The van der Waals surface area contributed by atoms with Gasteiger partial charge in [0.25, 0.3) is 0 Å². The zero-order valence-electron chi connectivity index (χ0n) is 27.6. The Morgan fingerprint density at radius 1 is 0.614 bits per heavy atom. The van der Waals surface area contributed by atoms with Gasteiger partial charge in [-0.2, -0.15) is 0 Å². The minimum atomic E-state index is -1.42. The highest BCUT2D eigenvalue weighted by Crippen LogP contribution is 2.21. The van der Waals surface area contributed by atoms with Gasteiger partial charge in [0.05, 0.1) is 6.61 Å². The van der Waals surface area contributed by atoms with Crippen molar-refractivity contribution in [1.29, 1.82) is 0 Å². The molecule has 1 heterocycles. The van der Waals surface area contributed by atoms with E-state index < -0.39 is 48.2 Å². The molecule has 1 rings (SSSR count). The molecule has 0 spiro atoms. The number of aliphatic hydroxyl groups excluding tert-OH is 4. The topological polar surface area (TPSA) is 182 Å². The first kappa shape index (κ1) is 43.8. The fourth-order valence-corrected chi connectivity index (χ4v) is 4.70. The van der Waals surface area contributed by atoms with Gasteiger partial charge in [-0.25, -0.2) is 4.79 Å². The van der Waals surface area contributed by atoms with Gasteiger partial charge in [-0.15, -0.1) is 0 Å². The summed E-state index contributed by atoms with van der Waals surface area (Å²) < 4.78 is 4.32. The summed E-state index contributed by atoms with van der Waals surface area (Å²) in [5, 5.41) is 52.0. The first-order valence-electron chi connectivity index (χ1n) is 17.2. The van der Waals surface area contributed by atoms with Crippen LogP contribution in [0.5, 0.6) is 0 Å². The summed E-state index contributed by atoms with van der Waals surface area (Å²) in [6.07, 6.45) is 25.9. The van der Waals surface area contributed by atoms with E-state index in [4.69, 9.17) is 30.6 Å². The predicted molar refractivity (Wildman–Crippen MR) is 173 cm³/mol. The standard InChI is InChI=1S/2C14H28O2.C6H8O6/c2*1-2-3-4-5-6-7-8-9-10-11-12-13-14(15)16;7-1-2(8)5-3(9)4(10)6(11)12-5/h2*2-13H2,1H3,(H,15,16);2,5,7-10H,1H2/t;;2-,5+/m..0/s1. The molecule has 0 unspecified atom stereocenters. The molecule has 2 atom stereocenters. The molecule has 0 radical (unpaired) electrons. The summed E-state index contributed by atoms with van der Waals surface area (Å²) in [6.45, 7) is 3.82. The molecule has 0 saturated heterocycles. The van der Waals surface area contributed by atoms with Gasteiger partial charge in [-0.1, -0.05) is 142 Å². The summed E-state index contributed by atoms with van der Waals surface area (Å²) in [5.41, 5.74) is 0. The molecule has 1 aliphatic rings. The minimum absolute atomic E-state index is 0.344. The van der Waals surface area contributed by atoms with Crippen molar-refractivity contribution >= 4 is 17.9 Å². The zero-order chi connectivity index (χ0) is 33.4. The maximum atomic E-state index is 10.5. The molecule has 0 aromatic carbocycles. The van der Waals surface area contributed by atoms with Crippen LogP contribution in [0.1, 0.15) is 168 Å². The van der Waals surface area contributed by atoms with Crippen molar-refractivity contribution in [3.63, 3.8) is 0 Å². The van der Waals surface area contributed by atoms with E-state index >= 15 is 0 Å². The molecule has 0 amide bonds. The van der Waals surface area contributed by atoms with Crippen molar-refractivity contribution < 1.29 is 49.8 Å². The molecule has 0 aliphatic carbocycles. The highest BCUT2D eigenvalue weighted by atomic mass is 16.6. The molecule has 6 N–H and O–H groups in total. The van der Waals surface area contributed by atoms with E-state index in [0.717, 1.165) is 25.7 Å². The first-order valence-corrected chi connectivity index (χ1v) is 17.2. The van der Waals surface area contributed by atoms with Gasteiger partial charge in [0.2, 0.25) is 5.76 Å². The van der Waals surface area contributed by atoms with E-state index in [9.17, 15) is 14.4 Å². The fraction of sp³-hybridized carbons (Fsp3) is 0.853. The van der Waals surface area contributed by atoms with Crippen molar-refractivity contribution in [2.24, 2.45) is 0 Å². The minimum Gasteiger partial charge on any atom is -0.505 e. The van der Waals surface area contributed by atoms with Gasteiger partial charge in [0, 0.05) is 12.8 Å². The summed E-state index contributed by atoms with van der Waals surface area (Å²) in [7, 11) is 0. The Labute approximate surface area is 265 Å². The van der Waals surface area contributed by atoms with Crippen LogP contribution in [0.3, 0.4) is 0 Å². The molecule has 260 valence electrons. The van der Waals surface area contributed by atoms with Crippen molar-refractivity contribution in [1.82, 2.24) is 0 Å². The number of ether oxygens (including phenoxy) is 1. The second kappa shape index (κ2) is 32.1. The maximum absolute atomic E-state index is 10.5. The van der Waals surface area contributed by atoms with E-state index in [-0.39, 0.29) is 0 Å². The van der Waals surface area contributed by atoms with Gasteiger partial charge >= 0.3 is 17.9 Å². The number of aliphatic hydroxyl groups is 4. The van der Waals surface area contributed by atoms with Crippen LogP contribution in [0, 0.1) is 0 Å². The van der Waals surface area contributed by atoms with Gasteiger partial charge in [-0.05, 0) is 12.8 Å². The van der Waals surface area contributed by atoms with Crippen LogP contribution >= 0.6 is 0 Å². The lowest BCUT2D eigenvalue weighted by atomic mass is 10.1. The largest absolute Gasteiger partial charge is 0.505 e. The lowest BCUT2D eigenvalue weighted by molar-refractivity contribution is -0.147. The fourth-order valence-electron chi connectivity index (χ4n) is 4.70. The molecular formula is C34H64O10. The third-order valence-corrected chi connectivity index (χ3v) is 7.46. The number of unbranched alkanes of at least 4 members (excludes halogenated alkanes) is 20. The number of carbonyl (C=O) groups excluding carboxylic acids is 1. The van der Waals surface area contributed by atoms with E-state index in [1.165, 1.54) is 116 Å². The summed E-state index contributed by atoms with van der Waals surface area (Å²) in [6, 6.07) is 0.